The van der Waals surface area contributed by atoms with E-state index in [1.807, 2.05) is 13.8 Å². The van der Waals surface area contributed by atoms with E-state index in [4.69, 9.17) is 16.6 Å². The molecule has 0 aromatic carbocycles. The molecule has 0 aliphatic carbocycles. The van der Waals surface area contributed by atoms with Gasteiger partial charge in [0.15, 0.2) is 0 Å². The fourth-order valence-corrected chi connectivity index (χ4v) is 1.71. The van der Waals surface area contributed by atoms with Crippen LogP contribution in [0.1, 0.15) is 58.8 Å². The van der Waals surface area contributed by atoms with E-state index in [-0.39, 0.29) is 46.1 Å². The molecule has 131 valence electrons. The van der Waals surface area contributed by atoms with Crippen molar-refractivity contribution < 1.29 is 52.5 Å². The number of hydrogen-bond acceptors (Lipinski definition) is 5. The number of aliphatic carboxylic acids is 2. The van der Waals surface area contributed by atoms with Gasteiger partial charge in [-0.05, 0) is 38.1 Å². The zero-order chi connectivity index (χ0) is 16.0. The molecule has 0 aliphatic heterocycles. The van der Waals surface area contributed by atoms with Crippen molar-refractivity contribution in [1.29, 1.82) is 0 Å². The van der Waals surface area contributed by atoms with E-state index >= 15 is 0 Å². The summed E-state index contributed by atoms with van der Waals surface area (Å²) in [6, 6.07) is -0.716. The Bertz CT molecular complexity index is 260. The van der Waals surface area contributed by atoms with Gasteiger partial charge in [-0.15, -0.1) is 0 Å². The van der Waals surface area contributed by atoms with Gasteiger partial charge < -0.3 is 33.9 Å². The summed E-state index contributed by atoms with van der Waals surface area (Å²) < 4.78 is 0. The second-order valence-corrected chi connectivity index (χ2v) is 4.82. The van der Waals surface area contributed by atoms with Crippen molar-refractivity contribution in [1.82, 2.24) is 0 Å². The van der Waals surface area contributed by atoms with Crippen LogP contribution < -0.4 is 16.6 Å². The van der Waals surface area contributed by atoms with Gasteiger partial charge in [-0.25, -0.2) is 0 Å². The zero-order valence-corrected chi connectivity index (χ0v) is 17.1. The summed E-state index contributed by atoms with van der Waals surface area (Å²) >= 11 is 0. The minimum Gasteiger partial charge on any atom is -0.550 e. The van der Waals surface area contributed by atoms with Crippen LogP contribution in [-0.2, 0) is 42.3 Å². The second-order valence-electron chi connectivity index (χ2n) is 4.82. The Morgan fingerprint density at radius 1 is 1.09 bits per heavy atom. The number of rotatable bonds is 10. The average molecular weight is 393 g/mol. The van der Waals surface area contributed by atoms with Gasteiger partial charge in [0.05, 0.1) is 0 Å². The maximum absolute atomic E-state index is 10.4. The van der Waals surface area contributed by atoms with E-state index in [2.05, 4.69) is 0 Å². The van der Waals surface area contributed by atoms with Crippen LogP contribution in [0.5, 0.6) is 0 Å². The van der Waals surface area contributed by atoms with Crippen LogP contribution in [0.3, 0.4) is 0 Å². The Morgan fingerprint density at radius 2 is 1.55 bits per heavy atom. The molecule has 0 aliphatic rings. The van der Waals surface area contributed by atoms with Gasteiger partial charge in [0.2, 0.25) is 0 Å². The van der Waals surface area contributed by atoms with Crippen LogP contribution in [0, 0.1) is 13.3 Å². The van der Waals surface area contributed by atoms with Gasteiger partial charge in [-0.3, -0.25) is 4.79 Å². The quantitative estimate of drug-likeness (QED) is 0.374. The summed E-state index contributed by atoms with van der Waals surface area (Å²) in [4.78, 5) is 20.5. The molecule has 1 atom stereocenters. The smallest absolute Gasteiger partial charge is 0.320 e. The van der Waals surface area contributed by atoms with Crippen LogP contribution in [0.25, 0.3) is 0 Å². The van der Waals surface area contributed by atoms with E-state index in [1.165, 1.54) is 0 Å². The van der Waals surface area contributed by atoms with Crippen LogP contribution in [0.4, 0.5) is 0 Å². The molecule has 5 N–H and O–H groups in total. The van der Waals surface area contributed by atoms with Crippen LogP contribution in [-0.4, -0.2) is 29.6 Å². The first kappa shape index (κ1) is 29.9. The Kier molecular flexibility index (Phi) is 28.5. The molecule has 1 radical (unpaired) electrons. The van der Waals surface area contributed by atoms with Gasteiger partial charge in [0.1, 0.15) is 6.04 Å². The number of carbonyl (C=O) groups is 2. The fraction of sp³-hybridized carbons (Fsp3) is 0.800. The van der Waals surface area contributed by atoms with E-state index in [1.54, 1.807) is 0 Å². The molecule has 7 heteroatoms. The van der Waals surface area contributed by atoms with Crippen molar-refractivity contribution in [2.24, 2.45) is 17.4 Å². The van der Waals surface area contributed by atoms with Crippen molar-refractivity contribution in [2.75, 3.05) is 6.54 Å². The molecular weight excluding hydrogens is 361 g/mol. The molecule has 0 heterocycles. The van der Waals surface area contributed by atoms with Crippen molar-refractivity contribution in [2.45, 2.75) is 64.8 Å². The summed E-state index contributed by atoms with van der Waals surface area (Å²) in [6.45, 7) is 4.59. The van der Waals surface area contributed by atoms with Crippen molar-refractivity contribution in [3.8, 4) is 0 Å². The van der Waals surface area contributed by atoms with E-state index in [9.17, 15) is 14.7 Å². The van der Waals surface area contributed by atoms with Crippen LogP contribution >= 0.6 is 0 Å². The van der Waals surface area contributed by atoms with Crippen molar-refractivity contribution >= 4 is 11.9 Å². The molecule has 0 fully saturated rings. The minimum atomic E-state index is -0.933. The number of hydrogen-bond donors (Lipinski definition) is 3. The van der Waals surface area contributed by atoms with Crippen LogP contribution in [0.2, 0.25) is 0 Å². The summed E-state index contributed by atoms with van der Waals surface area (Å²) in [5.74, 6) is -2.03. The topological polar surface area (TPSA) is 129 Å². The number of carboxylic acids is 2. The van der Waals surface area contributed by atoms with E-state index in [0.29, 0.717) is 13.0 Å². The summed E-state index contributed by atoms with van der Waals surface area (Å²) in [7, 11) is 0. The Hall–Kier alpha value is -0.0361. The maximum Gasteiger partial charge on any atom is 0.320 e. The first-order valence-electron chi connectivity index (χ1n) is 7.29. The molecule has 6 nitrogen and oxygen atoms in total. The molecule has 0 saturated heterocycles. The molecule has 0 bridgehead atoms. The Balaban J connectivity index is -0.000000135. The average Bonchev–Trinajstić information content (AvgIpc) is 2.39. The molecule has 22 heavy (non-hydrogen) atoms. The third-order valence-electron chi connectivity index (χ3n) is 2.89. The number of carbonyl (C=O) groups excluding carboxylic acids is 1. The molecule has 0 aromatic heterocycles. The molecule has 0 rings (SSSR count). The normalized spacial score (nSPS) is 10.6. The summed E-state index contributed by atoms with van der Waals surface area (Å²) in [6.07, 6.45) is 5.54. The first-order chi connectivity index (χ1) is 9.40. The molecule has 0 saturated carbocycles. The molecular formula is C15H32N2O4Y-2. The van der Waals surface area contributed by atoms with Gasteiger partial charge in [-0.1, -0.05) is 33.1 Å². The van der Waals surface area contributed by atoms with Gasteiger partial charge in [0.25, 0.3) is 0 Å². The Labute approximate surface area is 160 Å². The molecule has 0 aromatic rings. The third-order valence-corrected chi connectivity index (χ3v) is 2.89. The first-order valence-corrected chi connectivity index (χ1v) is 7.29. The predicted molar refractivity (Wildman–Crippen MR) is 83.2 cm³/mol. The fourth-order valence-electron chi connectivity index (χ4n) is 1.71. The van der Waals surface area contributed by atoms with Crippen LogP contribution in [0.15, 0.2) is 0 Å². The molecule has 0 spiro atoms. The summed E-state index contributed by atoms with van der Waals surface area (Å²) in [5.41, 5.74) is 10.4. The molecule has 0 amide bonds. The van der Waals surface area contributed by atoms with Gasteiger partial charge >= 0.3 is 5.97 Å². The van der Waals surface area contributed by atoms with Gasteiger partial charge in [-0.2, -0.15) is 0 Å². The zero-order valence-electron chi connectivity index (χ0n) is 14.2. The number of carboxylic acid groups (broad SMARTS) is 2. The van der Waals surface area contributed by atoms with E-state index < -0.39 is 18.0 Å². The Morgan fingerprint density at radius 3 is 1.82 bits per heavy atom. The maximum atomic E-state index is 10.4. The van der Waals surface area contributed by atoms with E-state index in [0.717, 1.165) is 38.5 Å². The van der Waals surface area contributed by atoms with Gasteiger partial charge in [0, 0.05) is 38.7 Å². The third kappa shape index (κ3) is 20.0. The monoisotopic (exact) mass is 393 g/mol. The summed E-state index contributed by atoms with van der Waals surface area (Å²) in [5, 5.41) is 18.7. The number of nitrogens with two attached hydrogens (primary N) is 2. The number of unbranched alkanes of at least 4 members (excludes halogenated alkanes) is 1. The minimum absolute atomic E-state index is 0. The van der Waals surface area contributed by atoms with Crippen molar-refractivity contribution in [3.05, 3.63) is 7.43 Å². The largest absolute Gasteiger partial charge is 0.550 e. The standard InChI is InChI=1S/C8H16O2.C6H14N2O2.CH3.Y/c1-3-5-7(6-4-2)8(9)10;7-4-2-1-3-5(8)6(9)10;;/h7H,3-6H2,1-2H3,(H,9,10);5H,1-4,7-8H2,(H,9,10);1H3;/q;;-1;/p-1. The SMILES string of the molecule is CCCC(CCC)C(=O)[O-].NCCCCC(N)C(=O)O.[CH3-].[Y]. The second kappa shape index (κ2) is 21.0. The van der Waals surface area contributed by atoms with Crippen molar-refractivity contribution in [3.63, 3.8) is 0 Å². The molecule has 1 unspecified atom stereocenters. The predicted octanol–water partition coefficient (Wildman–Crippen LogP) is 0.928.